The fourth-order valence-corrected chi connectivity index (χ4v) is 2.33. The zero-order chi connectivity index (χ0) is 14.1. The lowest BCUT2D eigenvalue weighted by molar-refractivity contribution is 0.432. The van der Waals surface area contributed by atoms with E-state index in [1.165, 1.54) is 0 Å². The molecule has 0 saturated heterocycles. The van der Waals surface area contributed by atoms with Crippen LogP contribution in [0.3, 0.4) is 0 Å². The average Bonchev–Trinajstić information content (AvgIpc) is 2.92. The maximum absolute atomic E-state index is 5.90. The lowest BCUT2D eigenvalue weighted by Crippen LogP contribution is -1.90. The molecule has 0 spiro atoms. The molecule has 20 heavy (non-hydrogen) atoms. The van der Waals surface area contributed by atoms with E-state index in [-0.39, 0.29) is 0 Å². The molecule has 0 bridgehead atoms. The molecule has 0 fully saturated rings. The van der Waals surface area contributed by atoms with E-state index in [4.69, 9.17) is 10.3 Å². The van der Waals surface area contributed by atoms with Crippen LogP contribution in [0.5, 0.6) is 0 Å². The molecule has 0 unspecified atom stereocenters. The Morgan fingerprint density at radius 3 is 2.70 bits per heavy atom. The smallest absolute Gasteiger partial charge is 0.258 e. The van der Waals surface area contributed by atoms with E-state index in [9.17, 15) is 0 Å². The summed E-state index contributed by atoms with van der Waals surface area (Å²) in [6.45, 7) is 1.96. The van der Waals surface area contributed by atoms with Crippen LogP contribution in [0.25, 0.3) is 22.8 Å². The van der Waals surface area contributed by atoms with E-state index in [1.807, 2.05) is 49.4 Å². The Morgan fingerprint density at radius 1 is 1.15 bits per heavy atom. The van der Waals surface area contributed by atoms with Gasteiger partial charge in [-0.1, -0.05) is 39.3 Å². The Labute approximate surface area is 124 Å². The number of anilines is 1. The number of nitrogens with zero attached hydrogens (tertiary/aromatic N) is 2. The number of benzene rings is 2. The van der Waals surface area contributed by atoms with Gasteiger partial charge in [0.25, 0.3) is 5.89 Å². The highest BCUT2D eigenvalue weighted by atomic mass is 79.9. The van der Waals surface area contributed by atoms with Gasteiger partial charge in [-0.3, -0.25) is 0 Å². The maximum Gasteiger partial charge on any atom is 0.258 e. The van der Waals surface area contributed by atoms with Crippen LogP contribution in [0.1, 0.15) is 5.56 Å². The van der Waals surface area contributed by atoms with E-state index in [2.05, 4.69) is 26.1 Å². The third kappa shape index (κ3) is 2.32. The van der Waals surface area contributed by atoms with Crippen LogP contribution in [-0.2, 0) is 0 Å². The van der Waals surface area contributed by atoms with Crippen molar-refractivity contribution in [2.75, 3.05) is 5.73 Å². The quantitative estimate of drug-likeness (QED) is 0.720. The van der Waals surface area contributed by atoms with Crippen LogP contribution in [0.2, 0.25) is 0 Å². The monoisotopic (exact) mass is 329 g/mol. The van der Waals surface area contributed by atoms with Gasteiger partial charge in [0.2, 0.25) is 5.82 Å². The van der Waals surface area contributed by atoms with Crippen molar-refractivity contribution in [2.45, 2.75) is 6.92 Å². The molecule has 5 heteroatoms. The van der Waals surface area contributed by atoms with E-state index in [1.54, 1.807) is 0 Å². The van der Waals surface area contributed by atoms with E-state index < -0.39 is 0 Å². The number of hydrogen-bond acceptors (Lipinski definition) is 4. The topological polar surface area (TPSA) is 64.9 Å². The Hall–Kier alpha value is -2.14. The van der Waals surface area contributed by atoms with Gasteiger partial charge in [-0.25, -0.2) is 0 Å². The molecule has 3 rings (SSSR count). The standard InChI is InChI=1S/C15H12BrN3O/c1-9-6-7-10(8-13(9)17)15-18-14(19-20-15)11-4-2-3-5-12(11)16/h2-8H,17H2,1H3. The molecular formula is C15H12BrN3O. The highest BCUT2D eigenvalue weighted by Crippen LogP contribution is 2.28. The summed E-state index contributed by atoms with van der Waals surface area (Å²) >= 11 is 3.48. The van der Waals surface area contributed by atoms with Gasteiger partial charge in [0, 0.05) is 21.3 Å². The van der Waals surface area contributed by atoms with Crippen molar-refractivity contribution in [3.05, 3.63) is 52.5 Å². The average molecular weight is 330 g/mol. The van der Waals surface area contributed by atoms with Crippen LogP contribution in [0.15, 0.2) is 51.5 Å². The predicted molar refractivity (Wildman–Crippen MR) is 82.0 cm³/mol. The van der Waals surface area contributed by atoms with Gasteiger partial charge in [-0.2, -0.15) is 4.98 Å². The van der Waals surface area contributed by atoms with Crippen molar-refractivity contribution in [1.82, 2.24) is 10.1 Å². The van der Waals surface area contributed by atoms with Crippen molar-refractivity contribution in [1.29, 1.82) is 0 Å². The number of hydrogen-bond donors (Lipinski definition) is 1. The summed E-state index contributed by atoms with van der Waals surface area (Å²) in [6, 6.07) is 13.4. The summed E-state index contributed by atoms with van der Waals surface area (Å²) in [4.78, 5) is 4.42. The molecule has 0 amide bonds. The van der Waals surface area contributed by atoms with Gasteiger partial charge in [-0.15, -0.1) is 0 Å². The lowest BCUT2D eigenvalue weighted by Gasteiger charge is -2.00. The largest absolute Gasteiger partial charge is 0.398 e. The Morgan fingerprint density at radius 2 is 1.95 bits per heavy atom. The molecule has 2 aromatic carbocycles. The van der Waals surface area contributed by atoms with E-state index in [0.29, 0.717) is 17.4 Å². The molecular weight excluding hydrogens is 318 g/mol. The normalized spacial score (nSPS) is 10.7. The molecule has 1 heterocycles. The van der Waals surface area contributed by atoms with Gasteiger partial charge >= 0.3 is 0 Å². The van der Waals surface area contributed by atoms with Crippen LogP contribution in [0, 0.1) is 6.92 Å². The Kier molecular flexibility index (Phi) is 3.28. The van der Waals surface area contributed by atoms with Crippen LogP contribution in [-0.4, -0.2) is 10.1 Å². The second kappa shape index (κ2) is 5.09. The van der Waals surface area contributed by atoms with Gasteiger partial charge < -0.3 is 10.3 Å². The highest BCUT2D eigenvalue weighted by Gasteiger charge is 2.13. The molecule has 2 N–H and O–H groups in total. The van der Waals surface area contributed by atoms with Crippen molar-refractivity contribution in [2.24, 2.45) is 0 Å². The molecule has 0 radical (unpaired) electrons. The summed E-state index contributed by atoms with van der Waals surface area (Å²) in [6.07, 6.45) is 0. The fraction of sp³-hybridized carbons (Fsp3) is 0.0667. The molecule has 0 atom stereocenters. The number of nitrogen functional groups attached to an aromatic ring is 1. The van der Waals surface area contributed by atoms with Crippen molar-refractivity contribution in [3.63, 3.8) is 0 Å². The first-order valence-corrected chi connectivity index (χ1v) is 6.89. The molecule has 100 valence electrons. The minimum atomic E-state index is 0.461. The van der Waals surface area contributed by atoms with Gasteiger partial charge in [0.15, 0.2) is 0 Å². The summed E-state index contributed by atoms with van der Waals surface area (Å²) in [5.74, 6) is 1.01. The molecule has 4 nitrogen and oxygen atoms in total. The molecule has 3 aromatic rings. The van der Waals surface area contributed by atoms with Crippen molar-refractivity contribution in [3.8, 4) is 22.8 Å². The van der Waals surface area contributed by atoms with Crippen molar-refractivity contribution >= 4 is 21.6 Å². The predicted octanol–water partition coefficient (Wildman–Crippen LogP) is 4.06. The minimum Gasteiger partial charge on any atom is -0.398 e. The second-order valence-electron chi connectivity index (χ2n) is 4.47. The summed E-state index contributed by atoms with van der Waals surface area (Å²) in [7, 11) is 0. The SMILES string of the molecule is Cc1ccc(-c2nc(-c3ccccc3Br)no2)cc1N. The minimum absolute atomic E-state index is 0.461. The number of nitrogens with two attached hydrogens (primary N) is 1. The van der Waals surface area contributed by atoms with Crippen molar-refractivity contribution < 1.29 is 4.52 Å². The lowest BCUT2D eigenvalue weighted by atomic mass is 10.1. The fourth-order valence-electron chi connectivity index (χ4n) is 1.87. The first kappa shape index (κ1) is 12.9. The van der Waals surface area contributed by atoms with E-state index >= 15 is 0 Å². The van der Waals surface area contributed by atoms with Gasteiger partial charge in [0.05, 0.1) is 0 Å². The Bertz CT molecular complexity index is 767. The number of aryl methyl sites for hydroxylation is 1. The second-order valence-corrected chi connectivity index (χ2v) is 5.33. The summed E-state index contributed by atoms with van der Waals surface area (Å²) in [5.41, 5.74) is 9.35. The first-order valence-electron chi connectivity index (χ1n) is 6.10. The van der Waals surface area contributed by atoms with E-state index in [0.717, 1.165) is 21.2 Å². The Balaban J connectivity index is 2.02. The molecule has 0 aliphatic carbocycles. The first-order chi connectivity index (χ1) is 9.65. The zero-order valence-electron chi connectivity index (χ0n) is 10.8. The molecule has 0 aliphatic rings. The molecule has 0 aliphatic heterocycles. The van der Waals surface area contributed by atoms with Crippen LogP contribution < -0.4 is 5.73 Å². The zero-order valence-corrected chi connectivity index (χ0v) is 12.4. The molecule has 1 aromatic heterocycles. The third-order valence-electron chi connectivity index (χ3n) is 3.07. The summed E-state index contributed by atoms with van der Waals surface area (Å²) < 4.78 is 6.24. The third-order valence-corrected chi connectivity index (χ3v) is 3.76. The summed E-state index contributed by atoms with van der Waals surface area (Å²) in [5, 5.41) is 4.02. The van der Waals surface area contributed by atoms with Crippen LogP contribution >= 0.6 is 15.9 Å². The number of halogens is 1. The van der Waals surface area contributed by atoms with Crippen LogP contribution in [0.4, 0.5) is 5.69 Å². The van der Waals surface area contributed by atoms with Gasteiger partial charge in [0.1, 0.15) is 0 Å². The van der Waals surface area contributed by atoms with Gasteiger partial charge in [-0.05, 0) is 36.8 Å². The number of aromatic nitrogens is 2. The maximum atomic E-state index is 5.90. The number of rotatable bonds is 2. The highest BCUT2D eigenvalue weighted by molar-refractivity contribution is 9.10. The molecule has 0 saturated carbocycles.